The second-order valence-corrected chi connectivity index (χ2v) is 10.1. The highest BCUT2D eigenvalue weighted by Crippen LogP contribution is 2.37. The first kappa shape index (κ1) is 21.2. The minimum Gasteiger partial charge on any atom is -0.498 e. The third-order valence-electron chi connectivity index (χ3n) is 5.00. The molecule has 1 aliphatic heterocycles. The zero-order valence-corrected chi connectivity index (χ0v) is 17.2. The molecule has 1 saturated heterocycles. The summed E-state index contributed by atoms with van der Waals surface area (Å²) in [4.78, 5) is 11.2. The molecule has 1 aromatic rings. The smallest absolute Gasteiger partial charge is 0.258 e. The first-order valence-corrected chi connectivity index (χ1v) is 10.3. The second-order valence-electron chi connectivity index (χ2n) is 7.59. The van der Waals surface area contributed by atoms with Gasteiger partial charge in [0.25, 0.3) is 6.09 Å². The first-order chi connectivity index (χ1) is 11.7. The number of rotatable bonds is 3. The molecular weight excluding hydrogens is 434 g/mol. The monoisotopic (exact) mass is 454 g/mol. The Kier molecular flexibility index (Phi) is 5.55. The number of benzene rings is 1. The van der Waals surface area contributed by atoms with Crippen molar-refractivity contribution in [2.75, 3.05) is 6.54 Å². The molecule has 1 N–H and O–H groups in total. The molecule has 0 radical (unpaired) electrons. The summed E-state index contributed by atoms with van der Waals surface area (Å²) in [5.74, 6) is -2.14. The minimum absolute atomic E-state index is 0.0315. The molecule has 0 aromatic heterocycles. The molecule has 6 nitrogen and oxygen atoms in total. The van der Waals surface area contributed by atoms with Gasteiger partial charge in [-0.3, -0.25) is 4.48 Å². The first-order valence-electron chi connectivity index (χ1n) is 7.98. The molecule has 3 atom stereocenters. The van der Waals surface area contributed by atoms with Gasteiger partial charge >= 0.3 is 0 Å². The van der Waals surface area contributed by atoms with Crippen LogP contribution in [0.5, 0.6) is 0 Å². The van der Waals surface area contributed by atoms with E-state index in [-0.39, 0.29) is 17.4 Å². The molecule has 1 aromatic carbocycles. The van der Waals surface area contributed by atoms with E-state index in [4.69, 9.17) is 0 Å². The molecule has 10 heteroatoms. The number of carbonyl (C=O) groups is 1. The van der Waals surface area contributed by atoms with Crippen molar-refractivity contribution in [3.05, 3.63) is 28.2 Å². The van der Waals surface area contributed by atoms with Gasteiger partial charge in [0.1, 0.15) is 23.1 Å². The van der Waals surface area contributed by atoms with Gasteiger partial charge in [0, 0.05) is 12.5 Å². The van der Waals surface area contributed by atoms with Crippen molar-refractivity contribution < 1.29 is 31.6 Å². The lowest BCUT2D eigenvalue weighted by Crippen LogP contribution is -2.69. The summed E-state index contributed by atoms with van der Waals surface area (Å²) < 4.78 is 54.1. The highest BCUT2D eigenvalue weighted by molar-refractivity contribution is 9.10. The van der Waals surface area contributed by atoms with E-state index in [1.807, 2.05) is 0 Å². The molecule has 0 spiro atoms. The molecule has 0 aliphatic carbocycles. The lowest BCUT2D eigenvalue weighted by Gasteiger charge is -2.48. The molecule has 26 heavy (non-hydrogen) atoms. The van der Waals surface area contributed by atoms with Crippen LogP contribution in [0.2, 0.25) is 0 Å². The number of carboxylic acid groups (broad SMARTS) is 1. The predicted molar refractivity (Wildman–Crippen MR) is 92.5 cm³/mol. The van der Waals surface area contributed by atoms with Crippen LogP contribution in [0.4, 0.5) is 13.6 Å². The van der Waals surface area contributed by atoms with E-state index in [2.05, 4.69) is 20.7 Å². The van der Waals surface area contributed by atoms with Gasteiger partial charge in [-0.15, -0.1) is 0 Å². The summed E-state index contributed by atoms with van der Waals surface area (Å²) in [5.41, 5.74) is -0.720. The van der Waals surface area contributed by atoms with Crippen molar-refractivity contribution in [1.82, 2.24) is 4.72 Å². The van der Waals surface area contributed by atoms with Crippen molar-refractivity contribution in [3.8, 4) is 0 Å². The van der Waals surface area contributed by atoms with Crippen LogP contribution in [0.15, 0.2) is 21.5 Å². The lowest BCUT2D eigenvalue weighted by molar-refractivity contribution is -0.928. The highest BCUT2D eigenvalue weighted by Gasteiger charge is 2.54. The highest BCUT2D eigenvalue weighted by atomic mass is 79.9. The summed E-state index contributed by atoms with van der Waals surface area (Å²) in [5, 5.41) is 11.9. The Morgan fingerprint density at radius 2 is 1.88 bits per heavy atom. The van der Waals surface area contributed by atoms with Crippen molar-refractivity contribution in [2.45, 2.75) is 56.6 Å². The maximum atomic E-state index is 14.0. The van der Waals surface area contributed by atoms with Crippen LogP contribution in [0, 0.1) is 11.6 Å². The number of amides is 1. The van der Waals surface area contributed by atoms with Gasteiger partial charge < -0.3 is 9.90 Å². The normalized spacial score (nSPS) is 26.9. The summed E-state index contributed by atoms with van der Waals surface area (Å²) in [6.07, 6.45) is -1.04. The van der Waals surface area contributed by atoms with E-state index in [1.165, 1.54) is 0 Å². The van der Waals surface area contributed by atoms with Crippen LogP contribution in [-0.4, -0.2) is 43.2 Å². The van der Waals surface area contributed by atoms with Gasteiger partial charge in [0.15, 0.2) is 0 Å². The molecule has 1 heterocycles. The maximum absolute atomic E-state index is 14.0. The number of halogens is 3. The van der Waals surface area contributed by atoms with E-state index < -0.39 is 54.8 Å². The van der Waals surface area contributed by atoms with Gasteiger partial charge in [-0.05, 0) is 49.7 Å². The zero-order valence-electron chi connectivity index (χ0n) is 14.8. The van der Waals surface area contributed by atoms with Crippen LogP contribution in [-0.2, 0) is 10.0 Å². The minimum atomic E-state index is -4.30. The van der Waals surface area contributed by atoms with Crippen molar-refractivity contribution in [1.29, 1.82) is 0 Å². The molecule has 0 saturated carbocycles. The topological polar surface area (TPSA) is 86.3 Å². The Balaban J connectivity index is 2.35. The zero-order chi connectivity index (χ0) is 20.1. The lowest BCUT2D eigenvalue weighted by atomic mass is 10.0. The Morgan fingerprint density at radius 1 is 1.31 bits per heavy atom. The van der Waals surface area contributed by atoms with Gasteiger partial charge in [-0.1, -0.05) is 0 Å². The average Bonchev–Trinajstić information content (AvgIpc) is 2.79. The van der Waals surface area contributed by atoms with Crippen LogP contribution in [0.1, 0.15) is 34.1 Å². The van der Waals surface area contributed by atoms with Crippen LogP contribution >= 0.6 is 15.9 Å². The predicted octanol–water partition coefficient (Wildman–Crippen LogP) is 2.12. The van der Waals surface area contributed by atoms with Gasteiger partial charge in [0.05, 0.1) is 22.1 Å². The van der Waals surface area contributed by atoms with Gasteiger partial charge in [-0.2, -0.15) is 0 Å². The van der Waals surface area contributed by atoms with Gasteiger partial charge in [0.2, 0.25) is 10.0 Å². The molecule has 1 amide bonds. The summed E-state index contributed by atoms with van der Waals surface area (Å²) >= 11 is 2.84. The molecule has 1 unspecified atom stereocenters. The third kappa shape index (κ3) is 3.51. The number of quaternary nitrogens is 1. The molecule has 1 aliphatic rings. The van der Waals surface area contributed by atoms with Crippen molar-refractivity contribution >= 4 is 32.0 Å². The Bertz CT molecular complexity index is 841. The molecule has 2 rings (SSSR count). The van der Waals surface area contributed by atoms with E-state index in [1.54, 1.807) is 27.7 Å². The fraction of sp³-hybridized carbons (Fsp3) is 0.562. The second kappa shape index (κ2) is 6.81. The van der Waals surface area contributed by atoms with Crippen LogP contribution in [0.3, 0.4) is 0 Å². The quantitative estimate of drug-likeness (QED) is 0.559. The standard InChI is InChI=1S/C16H21BrF2N2O4S/c1-9-5-10(8-21(9,15(22)23)16(2,3)4)20-26(24,25)14-6-11(17)12(18)7-13(14)19/h6-7,9-10,20H,5,8H2,1-4H3/t9-,10+,21?/m0/s1. The Hall–Kier alpha value is -1.10. The Morgan fingerprint density at radius 3 is 2.35 bits per heavy atom. The van der Waals surface area contributed by atoms with Crippen LogP contribution < -0.4 is 9.83 Å². The largest absolute Gasteiger partial charge is 0.498 e. The number of nitrogens with zero attached hydrogens (tertiary/aromatic N) is 1. The van der Waals surface area contributed by atoms with Crippen LogP contribution in [0.25, 0.3) is 0 Å². The third-order valence-corrected chi connectivity index (χ3v) is 7.14. The number of nitrogens with one attached hydrogen (secondary N) is 1. The fourth-order valence-corrected chi connectivity index (χ4v) is 5.56. The average molecular weight is 455 g/mol. The number of likely N-dealkylation sites (tertiary alicyclic amines) is 1. The van der Waals surface area contributed by atoms with Gasteiger partial charge in [-0.25, -0.2) is 21.9 Å². The fourth-order valence-electron chi connectivity index (χ4n) is 3.74. The molecule has 0 bridgehead atoms. The summed E-state index contributed by atoms with van der Waals surface area (Å²) in [6, 6.07) is 0.190. The number of hydrogen-bond donors (Lipinski definition) is 1. The Labute approximate surface area is 160 Å². The van der Waals surface area contributed by atoms with Crippen molar-refractivity contribution in [2.24, 2.45) is 0 Å². The number of carbonyl (C=O) groups excluding carboxylic acids is 1. The number of sulfonamides is 1. The number of hydrogen-bond acceptors (Lipinski definition) is 4. The SMILES string of the molecule is C[C@H]1C[C@@H](NS(=O)(=O)c2cc(Br)c(F)cc2F)C[N+]1(C(=O)[O-])C(C)(C)C. The molecule has 1 fully saturated rings. The van der Waals surface area contributed by atoms with E-state index >= 15 is 0 Å². The molecular formula is C16H21BrF2N2O4S. The van der Waals surface area contributed by atoms with E-state index in [0.717, 1.165) is 6.07 Å². The molecule has 146 valence electrons. The summed E-state index contributed by atoms with van der Waals surface area (Å²) in [7, 11) is -4.30. The van der Waals surface area contributed by atoms with E-state index in [9.17, 15) is 27.1 Å². The van der Waals surface area contributed by atoms with Crippen molar-refractivity contribution in [3.63, 3.8) is 0 Å². The van der Waals surface area contributed by atoms with E-state index in [0.29, 0.717) is 6.07 Å². The maximum Gasteiger partial charge on any atom is 0.258 e. The summed E-state index contributed by atoms with van der Waals surface area (Å²) in [6.45, 7) is 6.91.